The molecule has 1 aliphatic heterocycles. The summed E-state index contributed by atoms with van der Waals surface area (Å²) in [5, 5.41) is 14.4. The summed E-state index contributed by atoms with van der Waals surface area (Å²) in [5.74, 6) is 2.64. The SMILES string of the molecule is CN=C(NCc1nnc(C)n1C)N1CCC(OCCCNC(=O)OC(C)(C)C)CC1. The van der Waals surface area contributed by atoms with Crippen LogP contribution in [-0.2, 0) is 23.1 Å². The number of nitrogens with zero attached hydrogens (tertiary/aromatic N) is 5. The molecule has 0 aliphatic carbocycles. The van der Waals surface area contributed by atoms with Crippen molar-refractivity contribution in [3.8, 4) is 0 Å². The number of piperidine rings is 1. The molecule has 30 heavy (non-hydrogen) atoms. The molecule has 0 unspecified atom stereocenters. The zero-order chi connectivity index (χ0) is 22.1. The fraction of sp³-hybridized carbons (Fsp3) is 0.800. The van der Waals surface area contributed by atoms with Crippen molar-refractivity contribution < 1.29 is 14.3 Å². The summed E-state index contributed by atoms with van der Waals surface area (Å²) in [6, 6.07) is 0. The third kappa shape index (κ3) is 7.81. The molecule has 1 saturated heterocycles. The van der Waals surface area contributed by atoms with Crippen LogP contribution in [0.3, 0.4) is 0 Å². The van der Waals surface area contributed by atoms with Crippen molar-refractivity contribution in [2.24, 2.45) is 12.0 Å². The van der Waals surface area contributed by atoms with Crippen LogP contribution < -0.4 is 10.6 Å². The lowest BCUT2D eigenvalue weighted by Crippen LogP contribution is -2.47. The van der Waals surface area contributed by atoms with Crippen LogP contribution in [0, 0.1) is 6.92 Å². The molecule has 2 rings (SSSR count). The molecule has 0 saturated carbocycles. The third-order valence-electron chi connectivity index (χ3n) is 4.88. The number of hydrogen-bond donors (Lipinski definition) is 2. The van der Waals surface area contributed by atoms with Crippen molar-refractivity contribution >= 4 is 12.1 Å². The van der Waals surface area contributed by atoms with Gasteiger partial charge in [-0.3, -0.25) is 4.99 Å². The van der Waals surface area contributed by atoms with E-state index in [2.05, 4.69) is 30.7 Å². The molecule has 1 fully saturated rings. The van der Waals surface area contributed by atoms with Gasteiger partial charge in [-0.25, -0.2) is 4.79 Å². The number of alkyl carbamates (subject to hydrolysis) is 1. The Labute approximate surface area is 179 Å². The average molecular weight is 424 g/mol. The molecule has 10 heteroatoms. The Morgan fingerprint density at radius 2 is 1.93 bits per heavy atom. The van der Waals surface area contributed by atoms with Crippen LogP contribution in [0.4, 0.5) is 4.79 Å². The predicted octanol–water partition coefficient (Wildman–Crippen LogP) is 1.59. The minimum absolute atomic E-state index is 0.238. The fourth-order valence-electron chi connectivity index (χ4n) is 3.16. The maximum atomic E-state index is 11.6. The standard InChI is InChI=1S/C20H37N7O3/c1-15-24-25-17(26(15)6)14-23-18(21-5)27-11-8-16(9-12-27)29-13-7-10-22-19(28)30-20(2,3)4/h16H,7-14H2,1-6H3,(H,21,23)(H,22,28). The van der Waals surface area contributed by atoms with E-state index in [9.17, 15) is 4.79 Å². The van der Waals surface area contributed by atoms with E-state index in [4.69, 9.17) is 9.47 Å². The first-order chi connectivity index (χ1) is 14.2. The lowest BCUT2D eigenvalue weighted by atomic mass is 10.1. The van der Waals surface area contributed by atoms with Crippen molar-refractivity contribution in [2.45, 2.75) is 65.2 Å². The summed E-state index contributed by atoms with van der Waals surface area (Å²) in [6.07, 6.45) is 2.51. The summed E-state index contributed by atoms with van der Waals surface area (Å²) in [7, 11) is 3.76. The molecule has 0 atom stereocenters. The highest BCUT2D eigenvalue weighted by Gasteiger charge is 2.22. The van der Waals surface area contributed by atoms with Crippen LogP contribution in [-0.4, -0.2) is 76.7 Å². The molecule has 0 bridgehead atoms. The van der Waals surface area contributed by atoms with Gasteiger partial charge in [-0.1, -0.05) is 0 Å². The van der Waals surface area contributed by atoms with Crippen LogP contribution in [0.2, 0.25) is 0 Å². The highest BCUT2D eigenvalue weighted by Crippen LogP contribution is 2.14. The zero-order valence-electron chi connectivity index (χ0n) is 19.2. The smallest absolute Gasteiger partial charge is 0.407 e. The van der Waals surface area contributed by atoms with Crippen LogP contribution in [0.25, 0.3) is 0 Å². The molecular weight excluding hydrogens is 386 g/mol. The lowest BCUT2D eigenvalue weighted by Gasteiger charge is -2.34. The highest BCUT2D eigenvalue weighted by atomic mass is 16.6. The fourth-order valence-corrected chi connectivity index (χ4v) is 3.16. The van der Waals surface area contributed by atoms with E-state index in [-0.39, 0.29) is 12.2 Å². The summed E-state index contributed by atoms with van der Waals surface area (Å²) >= 11 is 0. The van der Waals surface area contributed by atoms with Crippen molar-refractivity contribution in [3.05, 3.63) is 11.6 Å². The van der Waals surface area contributed by atoms with Gasteiger partial charge in [-0.15, -0.1) is 10.2 Å². The van der Waals surface area contributed by atoms with Crippen molar-refractivity contribution in [1.29, 1.82) is 0 Å². The normalized spacial score (nSPS) is 15.9. The van der Waals surface area contributed by atoms with Gasteiger partial charge in [0.2, 0.25) is 0 Å². The molecule has 170 valence electrons. The maximum absolute atomic E-state index is 11.6. The first kappa shape index (κ1) is 23.9. The number of nitrogens with one attached hydrogen (secondary N) is 2. The zero-order valence-corrected chi connectivity index (χ0v) is 19.2. The van der Waals surface area contributed by atoms with Gasteiger partial charge in [0, 0.05) is 40.3 Å². The number of guanidine groups is 1. The topological polar surface area (TPSA) is 106 Å². The molecule has 1 amide bonds. The van der Waals surface area contributed by atoms with Crippen LogP contribution in [0.5, 0.6) is 0 Å². The van der Waals surface area contributed by atoms with E-state index in [0.29, 0.717) is 19.7 Å². The Morgan fingerprint density at radius 1 is 1.23 bits per heavy atom. The Balaban J connectivity index is 1.62. The highest BCUT2D eigenvalue weighted by molar-refractivity contribution is 5.79. The van der Waals surface area contributed by atoms with E-state index < -0.39 is 5.60 Å². The summed E-state index contributed by atoms with van der Waals surface area (Å²) in [4.78, 5) is 18.3. The van der Waals surface area contributed by atoms with E-state index >= 15 is 0 Å². The second-order valence-corrected chi connectivity index (χ2v) is 8.46. The number of ether oxygens (including phenoxy) is 2. The van der Waals surface area contributed by atoms with Gasteiger partial charge >= 0.3 is 6.09 Å². The average Bonchev–Trinajstić information content (AvgIpc) is 3.00. The van der Waals surface area contributed by atoms with Crippen LogP contribution >= 0.6 is 0 Å². The molecule has 0 aromatic carbocycles. The molecule has 2 N–H and O–H groups in total. The van der Waals surface area contributed by atoms with Crippen LogP contribution in [0.1, 0.15) is 51.7 Å². The van der Waals surface area contributed by atoms with Crippen molar-refractivity contribution in [1.82, 2.24) is 30.3 Å². The van der Waals surface area contributed by atoms with Gasteiger partial charge in [0.15, 0.2) is 11.8 Å². The number of aromatic nitrogens is 3. The Hall–Kier alpha value is -2.36. The third-order valence-corrected chi connectivity index (χ3v) is 4.88. The number of carbonyl (C=O) groups excluding carboxylic acids is 1. The van der Waals surface area contributed by atoms with Gasteiger partial charge in [-0.05, 0) is 47.0 Å². The molecular formula is C20H37N7O3. The van der Waals surface area contributed by atoms with Crippen LogP contribution in [0.15, 0.2) is 4.99 Å². The first-order valence-corrected chi connectivity index (χ1v) is 10.6. The van der Waals surface area contributed by atoms with Gasteiger partial charge < -0.3 is 29.6 Å². The molecule has 1 aliphatic rings. The van der Waals surface area contributed by atoms with Gasteiger partial charge in [0.25, 0.3) is 0 Å². The Bertz CT molecular complexity index is 704. The number of aryl methyl sites for hydroxylation is 1. The van der Waals surface area contributed by atoms with E-state index in [1.165, 1.54) is 0 Å². The van der Waals surface area contributed by atoms with E-state index in [1.807, 2.05) is 39.3 Å². The Kier molecular flexibility index (Phi) is 8.88. The van der Waals surface area contributed by atoms with Crippen molar-refractivity contribution in [2.75, 3.05) is 33.3 Å². The Morgan fingerprint density at radius 3 is 2.50 bits per heavy atom. The molecule has 2 heterocycles. The lowest BCUT2D eigenvalue weighted by molar-refractivity contribution is 0.0170. The molecule has 1 aromatic rings. The van der Waals surface area contributed by atoms with Gasteiger partial charge in [-0.2, -0.15) is 0 Å². The molecule has 10 nitrogen and oxygen atoms in total. The minimum atomic E-state index is -0.475. The van der Waals surface area contributed by atoms with E-state index in [1.54, 1.807) is 7.05 Å². The second kappa shape index (κ2) is 11.1. The minimum Gasteiger partial charge on any atom is -0.444 e. The first-order valence-electron chi connectivity index (χ1n) is 10.6. The van der Waals surface area contributed by atoms with Crippen molar-refractivity contribution in [3.63, 3.8) is 0 Å². The summed E-state index contributed by atoms with van der Waals surface area (Å²) in [5.41, 5.74) is -0.475. The summed E-state index contributed by atoms with van der Waals surface area (Å²) < 4.78 is 13.2. The number of likely N-dealkylation sites (tertiary alicyclic amines) is 1. The molecule has 1 aromatic heterocycles. The largest absolute Gasteiger partial charge is 0.444 e. The number of rotatable bonds is 7. The van der Waals surface area contributed by atoms with E-state index in [0.717, 1.165) is 50.0 Å². The second-order valence-electron chi connectivity index (χ2n) is 8.46. The number of aliphatic imine (C=N–C) groups is 1. The molecule has 0 spiro atoms. The van der Waals surface area contributed by atoms with Gasteiger partial charge in [0.05, 0.1) is 12.6 Å². The predicted molar refractivity (Wildman–Crippen MR) is 115 cm³/mol. The summed E-state index contributed by atoms with van der Waals surface area (Å²) in [6.45, 7) is 11.0. The number of amides is 1. The maximum Gasteiger partial charge on any atom is 0.407 e. The molecule has 0 radical (unpaired) electrons. The van der Waals surface area contributed by atoms with Gasteiger partial charge in [0.1, 0.15) is 11.4 Å². The quantitative estimate of drug-likeness (QED) is 0.390. The monoisotopic (exact) mass is 423 g/mol. The number of hydrogen-bond acceptors (Lipinski definition) is 6. The number of carbonyl (C=O) groups is 1.